The van der Waals surface area contributed by atoms with Crippen molar-refractivity contribution in [1.82, 2.24) is 0 Å². The van der Waals surface area contributed by atoms with Gasteiger partial charge in [0.1, 0.15) is 11.5 Å². The lowest BCUT2D eigenvalue weighted by molar-refractivity contribution is 0.272. The fourth-order valence-corrected chi connectivity index (χ4v) is 2.19. The lowest BCUT2D eigenvalue weighted by Crippen LogP contribution is -2.06. The molecule has 0 heterocycles. The number of hydrogen-bond donors (Lipinski definition) is 2. The molecule has 0 saturated carbocycles. The van der Waals surface area contributed by atoms with E-state index in [2.05, 4.69) is 27.7 Å². The van der Waals surface area contributed by atoms with Crippen LogP contribution in [0.1, 0.15) is 27.7 Å². The highest BCUT2D eigenvalue weighted by molar-refractivity contribution is 5.73. The second kappa shape index (κ2) is 7.95. The number of hydrogen-bond acceptors (Lipinski definition) is 4. The highest BCUT2D eigenvalue weighted by Crippen LogP contribution is 2.33. The van der Waals surface area contributed by atoms with E-state index in [1.54, 1.807) is 0 Å². The van der Waals surface area contributed by atoms with Crippen molar-refractivity contribution >= 4 is 11.4 Å². The summed E-state index contributed by atoms with van der Waals surface area (Å²) in [7, 11) is 0. The quantitative estimate of drug-likeness (QED) is 0.729. The molecule has 4 nitrogen and oxygen atoms in total. The van der Waals surface area contributed by atoms with E-state index < -0.39 is 0 Å². The largest absolute Gasteiger partial charge is 0.491 e. The Morgan fingerprint density at radius 1 is 0.708 bits per heavy atom. The van der Waals surface area contributed by atoms with Crippen LogP contribution in [0.2, 0.25) is 0 Å². The second-order valence-electron chi connectivity index (χ2n) is 6.91. The molecule has 0 atom stereocenters. The zero-order valence-electron chi connectivity index (χ0n) is 15.0. The summed E-state index contributed by atoms with van der Waals surface area (Å²) in [5.41, 5.74) is 15.4. The van der Waals surface area contributed by atoms with Crippen LogP contribution in [0.4, 0.5) is 11.4 Å². The molecule has 0 aliphatic carbocycles. The van der Waals surface area contributed by atoms with Gasteiger partial charge in [-0.1, -0.05) is 39.8 Å². The predicted octanol–water partition coefficient (Wildman–Crippen LogP) is 4.59. The number of nitrogen functional groups attached to an aromatic ring is 2. The van der Waals surface area contributed by atoms with Crippen molar-refractivity contribution in [3.05, 3.63) is 36.4 Å². The normalized spacial score (nSPS) is 11.1. The van der Waals surface area contributed by atoms with Gasteiger partial charge in [-0.3, -0.25) is 0 Å². The van der Waals surface area contributed by atoms with Gasteiger partial charge in [-0.2, -0.15) is 0 Å². The minimum absolute atomic E-state index is 0.445. The van der Waals surface area contributed by atoms with Gasteiger partial charge in [0, 0.05) is 0 Å². The number of nitrogens with two attached hydrogens (primary N) is 2. The Morgan fingerprint density at radius 2 is 1.08 bits per heavy atom. The van der Waals surface area contributed by atoms with E-state index in [0.29, 0.717) is 47.9 Å². The third-order valence-corrected chi connectivity index (χ3v) is 3.50. The van der Waals surface area contributed by atoms with Gasteiger partial charge in [0.25, 0.3) is 0 Å². The first-order valence-corrected chi connectivity index (χ1v) is 8.41. The Balaban J connectivity index is 2.27. The Bertz CT molecular complexity index is 622. The maximum atomic E-state index is 6.02. The maximum absolute atomic E-state index is 6.02. The summed E-state index contributed by atoms with van der Waals surface area (Å²) >= 11 is 0. The molecule has 0 bridgehead atoms. The smallest absolute Gasteiger partial charge is 0.142 e. The van der Waals surface area contributed by atoms with Crippen molar-refractivity contribution in [1.29, 1.82) is 0 Å². The predicted molar refractivity (Wildman–Crippen MR) is 101 cm³/mol. The zero-order valence-corrected chi connectivity index (χ0v) is 15.0. The van der Waals surface area contributed by atoms with E-state index in [-0.39, 0.29) is 0 Å². The average molecular weight is 328 g/mol. The van der Waals surface area contributed by atoms with Gasteiger partial charge in [-0.05, 0) is 47.2 Å². The average Bonchev–Trinajstić information content (AvgIpc) is 2.53. The highest BCUT2D eigenvalue weighted by atomic mass is 16.5. The molecule has 130 valence electrons. The molecule has 2 aromatic rings. The molecule has 0 aliphatic rings. The van der Waals surface area contributed by atoms with Gasteiger partial charge >= 0.3 is 0 Å². The molecule has 2 rings (SSSR count). The van der Waals surface area contributed by atoms with Crippen molar-refractivity contribution in [3.63, 3.8) is 0 Å². The lowest BCUT2D eigenvalue weighted by Gasteiger charge is -2.14. The van der Waals surface area contributed by atoms with E-state index in [9.17, 15) is 0 Å². The fourth-order valence-electron chi connectivity index (χ4n) is 2.19. The van der Waals surface area contributed by atoms with Crippen LogP contribution < -0.4 is 20.9 Å². The molecule has 0 unspecified atom stereocenters. The van der Waals surface area contributed by atoms with Crippen LogP contribution in [0.25, 0.3) is 11.1 Å². The van der Waals surface area contributed by atoms with Crippen LogP contribution in [-0.4, -0.2) is 13.2 Å². The molecular weight excluding hydrogens is 300 g/mol. The highest BCUT2D eigenvalue weighted by Gasteiger charge is 2.09. The van der Waals surface area contributed by atoms with E-state index in [4.69, 9.17) is 20.9 Å². The van der Waals surface area contributed by atoms with Crippen LogP contribution in [0.3, 0.4) is 0 Å². The number of ether oxygens (including phenoxy) is 2. The van der Waals surface area contributed by atoms with Crippen molar-refractivity contribution in [2.24, 2.45) is 11.8 Å². The zero-order chi connectivity index (χ0) is 17.7. The molecule has 0 amide bonds. The first-order chi connectivity index (χ1) is 11.4. The van der Waals surface area contributed by atoms with Crippen LogP contribution >= 0.6 is 0 Å². The number of rotatable bonds is 7. The van der Waals surface area contributed by atoms with Gasteiger partial charge in [-0.15, -0.1) is 0 Å². The van der Waals surface area contributed by atoms with Crippen LogP contribution in [0, 0.1) is 11.8 Å². The molecule has 0 radical (unpaired) electrons. The number of anilines is 2. The monoisotopic (exact) mass is 328 g/mol. The van der Waals surface area contributed by atoms with Gasteiger partial charge < -0.3 is 20.9 Å². The van der Waals surface area contributed by atoms with Crippen molar-refractivity contribution in [2.75, 3.05) is 24.7 Å². The van der Waals surface area contributed by atoms with Crippen molar-refractivity contribution in [2.45, 2.75) is 27.7 Å². The molecule has 4 N–H and O–H groups in total. The van der Waals surface area contributed by atoms with Crippen LogP contribution in [0.5, 0.6) is 11.5 Å². The van der Waals surface area contributed by atoms with Gasteiger partial charge in [-0.25, -0.2) is 0 Å². The third-order valence-electron chi connectivity index (χ3n) is 3.50. The summed E-state index contributed by atoms with van der Waals surface area (Å²) in [4.78, 5) is 0. The molecule has 0 spiro atoms. The van der Waals surface area contributed by atoms with Gasteiger partial charge in [0.15, 0.2) is 0 Å². The SMILES string of the molecule is CC(C)COc1cc(-c2ccc(N)c(OCC(C)C)c2)ccc1N. The molecule has 0 aliphatic heterocycles. The van der Waals surface area contributed by atoms with Crippen LogP contribution in [-0.2, 0) is 0 Å². The fraction of sp³-hybridized carbons (Fsp3) is 0.400. The molecule has 24 heavy (non-hydrogen) atoms. The molecule has 0 fully saturated rings. The number of benzene rings is 2. The Morgan fingerprint density at radius 3 is 1.42 bits per heavy atom. The Kier molecular flexibility index (Phi) is 5.96. The van der Waals surface area contributed by atoms with Gasteiger partial charge in [0.2, 0.25) is 0 Å². The molecule has 0 saturated heterocycles. The maximum Gasteiger partial charge on any atom is 0.142 e. The Labute approximate surface area is 144 Å². The third kappa shape index (κ3) is 4.82. The summed E-state index contributed by atoms with van der Waals surface area (Å²) in [5, 5.41) is 0. The standard InChI is InChI=1S/C20H28N2O2/c1-13(2)11-23-19-9-15(5-7-17(19)21)16-6-8-18(22)20(10-16)24-12-14(3)4/h5-10,13-14H,11-12,21-22H2,1-4H3. The summed E-state index contributed by atoms with van der Waals surface area (Å²) < 4.78 is 11.6. The van der Waals surface area contributed by atoms with Crippen molar-refractivity contribution in [3.8, 4) is 22.6 Å². The summed E-state index contributed by atoms with van der Waals surface area (Å²) in [6.45, 7) is 9.71. The van der Waals surface area contributed by atoms with Gasteiger partial charge in [0.05, 0.1) is 24.6 Å². The first kappa shape index (κ1) is 18.0. The second-order valence-corrected chi connectivity index (χ2v) is 6.91. The summed E-state index contributed by atoms with van der Waals surface area (Å²) in [5.74, 6) is 2.31. The van der Waals surface area contributed by atoms with E-state index in [1.807, 2.05) is 36.4 Å². The molecular formula is C20H28N2O2. The minimum Gasteiger partial charge on any atom is -0.491 e. The molecule has 4 heteroatoms. The summed E-state index contributed by atoms with van der Waals surface area (Å²) in [6, 6.07) is 11.6. The first-order valence-electron chi connectivity index (χ1n) is 8.41. The lowest BCUT2D eigenvalue weighted by atomic mass is 10.0. The van der Waals surface area contributed by atoms with E-state index in [1.165, 1.54) is 0 Å². The molecule has 2 aromatic carbocycles. The van der Waals surface area contributed by atoms with E-state index in [0.717, 1.165) is 11.1 Å². The Hall–Kier alpha value is -2.36. The topological polar surface area (TPSA) is 70.5 Å². The van der Waals surface area contributed by atoms with Crippen LogP contribution in [0.15, 0.2) is 36.4 Å². The molecule has 0 aromatic heterocycles. The van der Waals surface area contributed by atoms with E-state index >= 15 is 0 Å². The minimum atomic E-state index is 0.445. The van der Waals surface area contributed by atoms with Crippen molar-refractivity contribution < 1.29 is 9.47 Å². The summed E-state index contributed by atoms with van der Waals surface area (Å²) in [6.07, 6.45) is 0.